The quantitative estimate of drug-likeness (QED) is 0.580. The fourth-order valence-electron chi connectivity index (χ4n) is 2.79. The molecule has 4 nitrogen and oxygen atoms in total. The van der Waals surface area contributed by atoms with Crippen LogP contribution in [0.5, 0.6) is 0 Å². The Bertz CT molecular complexity index is 786. The first-order valence-corrected chi connectivity index (χ1v) is 9.20. The molecule has 0 spiro atoms. The van der Waals surface area contributed by atoms with Gasteiger partial charge in [0.1, 0.15) is 0 Å². The van der Waals surface area contributed by atoms with E-state index in [9.17, 15) is 18.0 Å². The van der Waals surface area contributed by atoms with Crippen molar-refractivity contribution in [3.63, 3.8) is 0 Å². The van der Waals surface area contributed by atoms with E-state index in [0.717, 1.165) is 18.8 Å². The maximum Gasteiger partial charge on any atom is 0.446 e. The molecule has 1 amide bonds. The van der Waals surface area contributed by atoms with Gasteiger partial charge in [0.15, 0.2) is 0 Å². The monoisotopic (exact) mass is 393 g/mol. The summed E-state index contributed by atoms with van der Waals surface area (Å²) < 4.78 is 37.0. The van der Waals surface area contributed by atoms with Gasteiger partial charge in [-0.05, 0) is 47.7 Å². The van der Waals surface area contributed by atoms with Crippen LogP contribution in [0.15, 0.2) is 59.8 Å². The highest BCUT2D eigenvalue weighted by molar-refractivity contribution is 8.00. The number of hydrogen-bond donors (Lipinski definition) is 0. The van der Waals surface area contributed by atoms with Gasteiger partial charge < -0.3 is 9.80 Å². The molecule has 142 valence electrons. The number of carbonyl (C=O) groups is 1. The SMILES string of the molecule is O=C(/C=C/c1ccc(SC(F)(F)F)cc1)N1CCN(c2ccncc2)CC1. The van der Waals surface area contributed by atoms with Crippen LogP contribution in [0.4, 0.5) is 18.9 Å². The van der Waals surface area contributed by atoms with E-state index in [0.29, 0.717) is 18.7 Å². The number of aromatic nitrogens is 1. The van der Waals surface area contributed by atoms with Crippen LogP contribution in [0.1, 0.15) is 5.56 Å². The number of pyridine rings is 1. The first-order valence-electron chi connectivity index (χ1n) is 8.38. The molecule has 0 N–H and O–H groups in total. The van der Waals surface area contributed by atoms with E-state index in [1.54, 1.807) is 35.5 Å². The summed E-state index contributed by atoms with van der Waals surface area (Å²) in [5.74, 6) is -0.0990. The highest BCUT2D eigenvalue weighted by atomic mass is 32.2. The van der Waals surface area contributed by atoms with Crippen LogP contribution in [-0.2, 0) is 4.79 Å². The number of anilines is 1. The van der Waals surface area contributed by atoms with E-state index in [2.05, 4.69) is 9.88 Å². The molecule has 1 saturated heterocycles. The van der Waals surface area contributed by atoms with Crippen molar-refractivity contribution >= 4 is 29.4 Å². The minimum atomic E-state index is -4.30. The van der Waals surface area contributed by atoms with E-state index in [1.165, 1.54) is 18.2 Å². The molecule has 1 fully saturated rings. The van der Waals surface area contributed by atoms with Crippen LogP contribution in [0.2, 0.25) is 0 Å². The normalized spacial score (nSPS) is 15.4. The maximum absolute atomic E-state index is 12.3. The number of carbonyl (C=O) groups excluding carboxylic acids is 1. The fraction of sp³-hybridized carbons (Fsp3) is 0.263. The minimum absolute atomic E-state index is 0.0990. The highest BCUT2D eigenvalue weighted by Gasteiger charge is 2.29. The van der Waals surface area contributed by atoms with Crippen LogP contribution in [0.25, 0.3) is 6.08 Å². The Morgan fingerprint density at radius 3 is 2.22 bits per heavy atom. The Balaban J connectivity index is 1.52. The molecule has 0 aliphatic carbocycles. The van der Waals surface area contributed by atoms with Crippen molar-refractivity contribution in [2.45, 2.75) is 10.4 Å². The summed E-state index contributed by atoms with van der Waals surface area (Å²) >= 11 is -0.153. The van der Waals surface area contributed by atoms with E-state index in [-0.39, 0.29) is 22.6 Å². The van der Waals surface area contributed by atoms with E-state index >= 15 is 0 Å². The number of halogens is 3. The third kappa shape index (κ3) is 5.75. The van der Waals surface area contributed by atoms with Gasteiger partial charge in [0.05, 0.1) is 0 Å². The molecular formula is C19H18F3N3OS. The number of rotatable bonds is 4. The summed E-state index contributed by atoms with van der Waals surface area (Å²) in [7, 11) is 0. The molecule has 0 radical (unpaired) electrons. The fourth-order valence-corrected chi connectivity index (χ4v) is 3.33. The van der Waals surface area contributed by atoms with Crippen molar-refractivity contribution in [3.8, 4) is 0 Å². The lowest BCUT2D eigenvalue weighted by Crippen LogP contribution is -2.48. The topological polar surface area (TPSA) is 36.4 Å². The van der Waals surface area contributed by atoms with Gasteiger partial charge in [-0.25, -0.2) is 0 Å². The molecule has 3 rings (SSSR count). The van der Waals surface area contributed by atoms with Gasteiger partial charge in [0.25, 0.3) is 0 Å². The summed E-state index contributed by atoms with van der Waals surface area (Å²) in [4.78, 5) is 20.4. The number of nitrogens with zero attached hydrogens (tertiary/aromatic N) is 3. The number of thioether (sulfide) groups is 1. The summed E-state index contributed by atoms with van der Waals surface area (Å²) in [5.41, 5.74) is -2.53. The third-order valence-corrected chi connectivity index (χ3v) is 4.89. The Labute approximate surface area is 159 Å². The van der Waals surface area contributed by atoms with Crippen molar-refractivity contribution in [2.75, 3.05) is 31.1 Å². The average Bonchev–Trinajstić information content (AvgIpc) is 2.67. The largest absolute Gasteiger partial charge is 0.446 e. The van der Waals surface area contributed by atoms with Crippen molar-refractivity contribution in [1.29, 1.82) is 0 Å². The highest BCUT2D eigenvalue weighted by Crippen LogP contribution is 2.36. The molecule has 0 saturated carbocycles. The smallest absolute Gasteiger partial charge is 0.368 e. The summed E-state index contributed by atoms with van der Waals surface area (Å²) in [6.45, 7) is 2.72. The molecule has 1 aliphatic rings. The molecule has 0 atom stereocenters. The van der Waals surface area contributed by atoms with Gasteiger partial charge >= 0.3 is 5.51 Å². The van der Waals surface area contributed by atoms with Gasteiger partial charge in [0, 0.05) is 55.2 Å². The number of piperazine rings is 1. The molecule has 1 aromatic carbocycles. The molecule has 2 heterocycles. The number of alkyl halides is 3. The van der Waals surface area contributed by atoms with Crippen LogP contribution < -0.4 is 4.90 Å². The molecule has 1 aromatic heterocycles. The second kappa shape index (κ2) is 8.47. The predicted octanol–water partition coefficient (Wildman–Crippen LogP) is 4.06. The standard InChI is InChI=1S/C19H18F3N3OS/c20-19(21,22)27-17-4-1-15(2-5-17)3-6-18(26)25-13-11-24(12-14-25)16-7-9-23-10-8-16/h1-10H,11-14H2/b6-3+. The van der Waals surface area contributed by atoms with Crippen LogP contribution in [-0.4, -0.2) is 47.5 Å². The van der Waals surface area contributed by atoms with Gasteiger partial charge in [-0.3, -0.25) is 9.78 Å². The zero-order chi connectivity index (χ0) is 19.3. The Morgan fingerprint density at radius 1 is 1.00 bits per heavy atom. The number of hydrogen-bond acceptors (Lipinski definition) is 4. The molecule has 2 aromatic rings. The average molecular weight is 393 g/mol. The second-order valence-electron chi connectivity index (χ2n) is 5.97. The van der Waals surface area contributed by atoms with Gasteiger partial charge in [-0.15, -0.1) is 0 Å². The van der Waals surface area contributed by atoms with Crippen LogP contribution in [0.3, 0.4) is 0 Å². The summed E-state index contributed by atoms with van der Waals surface area (Å²) in [6, 6.07) is 9.82. The molecule has 0 bridgehead atoms. The van der Waals surface area contributed by atoms with Gasteiger partial charge in [0.2, 0.25) is 5.91 Å². The lowest BCUT2D eigenvalue weighted by atomic mass is 10.2. The molecule has 1 aliphatic heterocycles. The number of amides is 1. The Hall–Kier alpha value is -2.48. The lowest BCUT2D eigenvalue weighted by Gasteiger charge is -2.35. The van der Waals surface area contributed by atoms with Crippen molar-refractivity contribution in [2.24, 2.45) is 0 Å². The maximum atomic E-state index is 12.3. The molecular weight excluding hydrogens is 375 g/mol. The Morgan fingerprint density at radius 2 is 1.63 bits per heavy atom. The van der Waals surface area contributed by atoms with Gasteiger partial charge in [-0.2, -0.15) is 13.2 Å². The lowest BCUT2D eigenvalue weighted by molar-refractivity contribution is -0.126. The summed E-state index contributed by atoms with van der Waals surface area (Å²) in [6.07, 6.45) is 6.58. The van der Waals surface area contributed by atoms with Gasteiger partial charge in [-0.1, -0.05) is 12.1 Å². The van der Waals surface area contributed by atoms with E-state index < -0.39 is 5.51 Å². The van der Waals surface area contributed by atoms with E-state index in [1.807, 2.05) is 12.1 Å². The summed E-state index contributed by atoms with van der Waals surface area (Å²) in [5, 5.41) is 0. The second-order valence-corrected chi connectivity index (χ2v) is 7.11. The zero-order valence-corrected chi connectivity index (χ0v) is 15.2. The van der Waals surface area contributed by atoms with Crippen LogP contribution >= 0.6 is 11.8 Å². The minimum Gasteiger partial charge on any atom is -0.368 e. The Kier molecular flexibility index (Phi) is 6.05. The molecule has 0 unspecified atom stereocenters. The predicted molar refractivity (Wildman–Crippen MR) is 100 cm³/mol. The van der Waals surface area contributed by atoms with Crippen LogP contribution in [0, 0.1) is 0 Å². The van der Waals surface area contributed by atoms with Crippen molar-refractivity contribution in [3.05, 3.63) is 60.4 Å². The third-order valence-electron chi connectivity index (χ3n) is 4.15. The first-order chi connectivity index (χ1) is 12.9. The molecule has 27 heavy (non-hydrogen) atoms. The molecule has 8 heteroatoms. The zero-order valence-electron chi connectivity index (χ0n) is 14.4. The first kappa shape index (κ1) is 19.3. The van der Waals surface area contributed by atoms with E-state index in [4.69, 9.17) is 0 Å². The van der Waals surface area contributed by atoms with Crippen molar-refractivity contribution in [1.82, 2.24) is 9.88 Å². The number of benzene rings is 1. The van der Waals surface area contributed by atoms with Crippen molar-refractivity contribution < 1.29 is 18.0 Å².